The smallest absolute Gasteiger partial charge is 0.329 e. The van der Waals surface area contributed by atoms with E-state index in [9.17, 15) is 18.8 Å². The fraction of sp³-hybridized carbons (Fsp3) is 0.240. The molecule has 0 fully saturated rings. The molecule has 180 valence electrons. The highest BCUT2D eigenvalue weighted by molar-refractivity contribution is 6.11. The Morgan fingerprint density at radius 1 is 1.17 bits per heavy atom. The Morgan fingerprint density at radius 3 is 2.54 bits per heavy atom. The van der Waals surface area contributed by atoms with Gasteiger partial charge in [0.25, 0.3) is 11.5 Å². The van der Waals surface area contributed by atoms with Crippen molar-refractivity contribution in [3.8, 4) is 11.6 Å². The third kappa shape index (κ3) is 5.11. The Kier molecular flexibility index (Phi) is 6.72. The van der Waals surface area contributed by atoms with Gasteiger partial charge in [0.15, 0.2) is 5.65 Å². The van der Waals surface area contributed by atoms with Crippen LogP contribution < -0.4 is 21.3 Å². The van der Waals surface area contributed by atoms with E-state index in [0.29, 0.717) is 30.1 Å². The van der Waals surface area contributed by atoms with Gasteiger partial charge in [0.2, 0.25) is 5.88 Å². The highest BCUT2D eigenvalue weighted by Crippen LogP contribution is 2.23. The van der Waals surface area contributed by atoms with Crippen molar-refractivity contribution in [2.24, 2.45) is 0 Å². The molecule has 9 nitrogen and oxygen atoms in total. The summed E-state index contributed by atoms with van der Waals surface area (Å²) in [7, 11) is 0. The quantitative estimate of drug-likeness (QED) is 0.412. The third-order valence-electron chi connectivity index (χ3n) is 5.28. The lowest BCUT2D eigenvalue weighted by atomic mass is 10.0. The number of halogens is 1. The number of anilines is 1. The maximum atomic E-state index is 13.2. The van der Waals surface area contributed by atoms with E-state index in [1.165, 1.54) is 35.0 Å². The van der Waals surface area contributed by atoms with Gasteiger partial charge in [0.1, 0.15) is 11.6 Å². The predicted octanol–water partition coefficient (Wildman–Crippen LogP) is 4.20. The van der Waals surface area contributed by atoms with Crippen molar-refractivity contribution in [3.05, 3.63) is 86.6 Å². The minimum absolute atomic E-state index is 0.0417. The highest BCUT2D eigenvalue weighted by atomic mass is 19.1. The number of amides is 1. The number of ether oxygens (including phenoxy) is 1. The van der Waals surface area contributed by atoms with Gasteiger partial charge >= 0.3 is 5.69 Å². The average Bonchev–Trinajstić information content (AvgIpc) is 2.83. The zero-order valence-electron chi connectivity index (χ0n) is 19.5. The largest absolute Gasteiger partial charge is 0.439 e. The average molecular weight is 477 g/mol. The molecule has 4 aromatic rings. The lowest BCUT2D eigenvalue weighted by Crippen LogP contribution is -2.32. The van der Waals surface area contributed by atoms with Crippen molar-refractivity contribution in [2.75, 3.05) is 5.32 Å². The molecule has 35 heavy (non-hydrogen) atoms. The summed E-state index contributed by atoms with van der Waals surface area (Å²) in [4.78, 5) is 49.3. The second-order valence-electron chi connectivity index (χ2n) is 8.25. The van der Waals surface area contributed by atoms with Crippen molar-refractivity contribution in [1.82, 2.24) is 19.5 Å². The number of fused-ring (bicyclic) bond motifs is 1. The van der Waals surface area contributed by atoms with Gasteiger partial charge in [-0.25, -0.2) is 19.2 Å². The third-order valence-corrected chi connectivity index (χ3v) is 5.28. The number of nitrogens with one attached hydrogen (secondary N) is 2. The molecule has 0 radical (unpaired) electrons. The summed E-state index contributed by atoms with van der Waals surface area (Å²) in [5, 5.41) is 2.78. The molecule has 0 saturated heterocycles. The van der Waals surface area contributed by atoms with Gasteiger partial charge in [-0.1, -0.05) is 20.8 Å². The number of hydrogen-bond donors (Lipinski definition) is 2. The van der Waals surface area contributed by atoms with E-state index in [1.54, 1.807) is 18.2 Å². The van der Waals surface area contributed by atoms with Crippen LogP contribution in [-0.4, -0.2) is 25.4 Å². The molecular weight excluding hydrogens is 453 g/mol. The lowest BCUT2D eigenvalue weighted by Gasteiger charge is -2.14. The molecule has 0 aliphatic heterocycles. The van der Waals surface area contributed by atoms with Crippen LogP contribution in [0.15, 0.2) is 58.3 Å². The summed E-state index contributed by atoms with van der Waals surface area (Å²) in [6.45, 7) is 6.07. The van der Waals surface area contributed by atoms with Gasteiger partial charge in [-0.2, -0.15) is 0 Å². The molecule has 10 heteroatoms. The first-order chi connectivity index (χ1) is 16.8. The van der Waals surface area contributed by atoms with E-state index in [1.807, 2.05) is 20.8 Å². The highest BCUT2D eigenvalue weighted by Gasteiger charge is 2.20. The molecule has 0 aliphatic rings. The number of nitrogens with zero attached hydrogens (tertiary/aromatic N) is 3. The fourth-order valence-corrected chi connectivity index (χ4v) is 3.54. The first-order valence-electron chi connectivity index (χ1n) is 11.2. The van der Waals surface area contributed by atoms with Crippen LogP contribution >= 0.6 is 0 Å². The summed E-state index contributed by atoms with van der Waals surface area (Å²) in [6, 6.07) is 10.2. The van der Waals surface area contributed by atoms with E-state index in [-0.39, 0.29) is 34.2 Å². The van der Waals surface area contributed by atoms with Gasteiger partial charge in [0, 0.05) is 18.3 Å². The minimum Gasteiger partial charge on any atom is -0.439 e. The van der Waals surface area contributed by atoms with Crippen LogP contribution in [0.2, 0.25) is 0 Å². The molecule has 1 aromatic carbocycles. The summed E-state index contributed by atoms with van der Waals surface area (Å²) < 4.78 is 20.0. The molecule has 3 heterocycles. The van der Waals surface area contributed by atoms with Crippen LogP contribution in [0.1, 0.15) is 49.2 Å². The first kappa shape index (κ1) is 23.8. The van der Waals surface area contributed by atoms with Gasteiger partial charge in [-0.3, -0.25) is 19.1 Å². The normalized spacial score (nSPS) is 11.1. The van der Waals surface area contributed by atoms with Gasteiger partial charge < -0.3 is 10.1 Å². The second-order valence-corrected chi connectivity index (χ2v) is 8.25. The molecule has 0 bridgehead atoms. The lowest BCUT2D eigenvalue weighted by molar-refractivity contribution is 0.102. The molecule has 0 atom stereocenters. The number of aryl methyl sites for hydroxylation is 1. The Hall–Kier alpha value is -4.34. The van der Waals surface area contributed by atoms with Crippen LogP contribution in [0.5, 0.6) is 11.6 Å². The Morgan fingerprint density at radius 2 is 1.91 bits per heavy atom. The van der Waals surface area contributed by atoms with Crippen LogP contribution in [-0.2, 0) is 6.54 Å². The summed E-state index contributed by atoms with van der Waals surface area (Å²) in [5.41, 5.74) is 0.000553. The van der Waals surface area contributed by atoms with Crippen molar-refractivity contribution in [3.63, 3.8) is 0 Å². The van der Waals surface area contributed by atoms with E-state index in [2.05, 4.69) is 20.3 Å². The van der Waals surface area contributed by atoms with Crippen molar-refractivity contribution < 1.29 is 13.9 Å². The molecule has 0 saturated carbocycles. The van der Waals surface area contributed by atoms with Gasteiger partial charge in [-0.05, 0) is 48.7 Å². The van der Waals surface area contributed by atoms with Crippen LogP contribution in [0.4, 0.5) is 10.1 Å². The van der Waals surface area contributed by atoms with Crippen LogP contribution in [0.25, 0.3) is 11.0 Å². The van der Waals surface area contributed by atoms with Crippen LogP contribution in [0, 0.1) is 5.82 Å². The molecule has 4 rings (SSSR count). The molecule has 0 unspecified atom stereocenters. The molecule has 0 aliphatic carbocycles. The molecule has 0 spiro atoms. The van der Waals surface area contributed by atoms with E-state index >= 15 is 0 Å². The standard InChI is InChI=1S/C25H24FN5O4/c1-4-11-31-22-21(24(33)30-25(31)34)18(12-19(29-22)14(2)3)23(32)28-16-7-10-20(27-13-16)35-17-8-5-15(26)6-9-17/h5-10,12-14H,4,11H2,1-3H3,(H,28,32)(H,30,33,34). The zero-order chi connectivity index (χ0) is 25.1. The minimum atomic E-state index is -0.675. The second kappa shape index (κ2) is 9.88. The summed E-state index contributed by atoms with van der Waals surface area (Å²) in [6.07, 6.45) is 2.05. The summed E-state index contributed by atoms with van der Waals surface area (Å²) >= 11 is 0. The summed E-state index contributed by atoms with van der Waals surface area (Å²) in [5.74, 6) is -0.290. The van der Waals surface area contributed by atoms with E-state index in [4.69, 9.17) is 4.74 Å². The SMILES string of the molecule is CCCn1c(=O)[nH]c(=O)c2c(C(=O)Nc3ccc(Oc4ccc(F)cc4)nc3)cc(C(C)C)nc21. The number of aromatic nitrogens is 4. The number of carbonyl (C=O) groups excluding carboxylic acids is 1. The monoisotopic (exact) mass is 477 g/mol. The molecule has 1 amide bonds. The number of carbonyl (C=O) groups is 1. The zero-order valence-corrected chi connectivity index (χ0v) is 19.5. The molecule has 3 aromatic heterocycles. The Labute approximate surface area is 199 Å². The van der Waals surface area contributed by atoms with E-state index < -0.39 is 17.2 Å². The Balaban J connectivity index is 1.67. The molecule has 2 N–H and O–H groups in total. The topological polar surface area (TPSA) is 119 Å². The fourth-order valence-electron chi connectivity index (χ4n) is 3.54. The predicted molar refractivity (Wildman–Crippen MR) is 130 cm³/mol. The molecular formula is C25H24FN5O4. The van der Waals surface area contributed by atoms with Gasteiger partial charge in [0.05, 0.1) is 22.8 Å². The number of benzene rings is 1. The Bertz CT molecular complexity index is 1490. The van der Waals surface area contributed by atoms with Gasteiger partial charge in [-0.15, -0.1) is 0 Å². The maximum Gasteiger partial charge on any atom is 0.329 e. The number of H-pyrrole nitrogens is 1. The van der Waals surface area contributed by atoms with E-state index in [0.717, 1.165) is 0 Å². The van der Waals surface area contributed by atoms with Crippen LogP contribution in [0.3, 0.4) is 0 Å². The maximum absolute atomic E-state index is 13.2. The van der Waals surface area contributed by atoms with Crippen molar-refractivity contribution >= 4 is 22.6 Å². The number of rotatable bonds is 7. The number of hydrogen-bond acceptors (Lipinski definition) is 6. The number of pyridine rings is 2. The number of aromatic amines is 1. The van der Waals surface area contributed by atoms with Crippen molar-refractivity contribution in [1.29, 1.82) is 0 Å². The first-order valence-corrected chi connectivity index (χ1v) is 11.2. The van der Waals surface area contributed by atoms with Crippen molar-refractivity contribution in [2.45, 2.75) is 39.7 Å².